The van der Waals surface area contributed by atoms with Crippen molar-refractivity contribution >= 4 is 5.97 Å². The lowest BCUT2D eigenvalue weighted by atomic mass is 9.33. The summed E-state index contributed by atoms with van der Waals surface area (Å²) in [6.45, 7) is 9.11. The van der Waals surface area contributed by atoms with Crippen molar-refractivity contribution in [3.05, 3.63) is 11.6 Å². The maximum Gasteiger partial charge on any atom is 0.309 e. The van der Waals surface area contributed by atoms with E-state index in [-0.39, 0.29) is 35.2 Å². The third-order valence-corrected chi connectivity index (χ3v) is 23.2. The molecule has 4 saturated carbocycles. The number of aliphatic carboxylic acids is 1. The number of ether oxygens (including phenoxy) is 10. The number of rotatable bonds is 15. The Kier molecular flexibility index (Phi) is 19.4. The van der Waals surface area contributed by atoms with Gasteiger partial charge >= 0.3 is 5.97 Å². The Morgan fingerprint density at radius 2 is 1.14 bits per heavy atom. The van der Waals surface area contributed by atoms with Crippen molar-refractivity contribution in [3.8, 4) is 0 Å². The van der Waals surface area contributed by atoms with Crippen LogP contribution in [0.2, 0.25) is 0 Å². The largest absolute Gasteiger partial charge is 0.481 e. The molecule has 17 N–H and O–H groups in total. The average molecular weight is 1240 g/mol. The second-order valence-electron chi connectivity index (χ2n) is 28.1. The van der Waals surface area contributed by atoms with Crippen LogP contribution in [-0.2, 0) is 52.2 Å². The molecule has 0 radical (unpaired) electrons. The summed E-state index contributed by atoms with van der Waals surface area (Å²) in [5.74, 6) is -1.12. The van der Waals surface area contributed by atoms with Crippen LogP contribution in [0, 0.1) is 50.2 Å². The third-order valence-electron chi connectivity index (χ3n) is 23.2. The number of hydrogen-bond acceptors (Lipinski definition) is 27. The number of aliphatic hydroxyl groups excluding tert-OH is 16. The molecule has 5 aliphatic heterocycles. The molecule has 0 aromatic heterocycles. The van der Waals surface area contributed by atoms with Gasteiger partial charge in [0, 0.05) is 5.41 Å². The number of fused-ring (bicyclic) bond motifs is 7. The van der Waals surface area contributed by atoms with Crippen molar-refractivity contribution in [1.29, 1.82) is 0 Å². The van der Waals surface area contributed by atoms with Gasteiger partial charge in [-0.1, -0.05) is 46.3 Å². The topological polar surface area (TPSA) is 453 Å². The van der Waals surface area contributed by atoms with Gasteiger partial charge in [-0.3, -0.25) is 4.79 Å². The Hall–Kier alpha value is -1.83. The highest BCUT2D eigenvalue weighted by Gasteiger charge is 2.71. The first-order valence-corrected chi connectivity index (χ1v) is 30.4. The van der Waals surface area contributed by atoms with Crippen LogP contribution in [0.15, 0.2) is 11.6 Å². The van der Waals surface area contributed by atoms with Crippen LogP contribution in [0.1, 0.15) is 99.3 Å². The molecule has 494 valence electrons. The third kappa shape index (κ3) is 11.1. The molecule has 5 aliphatic carbocycles. The maximum absolute atomic E-state index is 12.7. The molecule has 0 amide bonds. The van der Waals surface area contributed by atoms with Crippen LogP contribution < -0.4 is 0 Å². The fourth-order valence-corrected chi connectivity index (χ4v) is 17.5. The van der Waals surface area contributed by atoms with Crippen LogP contribution in [0.4, 0.5) is 0 Å². The number of carboxylic acids is 1. The Morgan fingerprint density at radius 3 is 1.78 bits per heavy atom. The molecule has 5 saturated heterocycles. The molecule has 28 heteroatoms. The maximum atomic E-state index is 12.7. The highest BCUT2D eigenvalue weighted by molar-refractivity contribution is 5.74. The molecule has 5 heterocycles. The van der Waals surface area contributed by atoms with Gasteiger partial charge in [-0.25, -0.2) is 0 Å². The van der Waals surface area contributed by atoms with E-state index < -0.39 is 214 Å². The van der Waals surface area contributed by atoms with Crippen LogP contribution >= 0.6 is 0 Å². The summed E-state index contributed by atoms with van der Waals surface area (Å²) in [5.41, 5.74) is -2.59. The van der Waals surface area contributed by atoms with Crippen LogP contribution in [-0.4, -0.2) is 286 Å². The van der Waals surface area contributed by atoms with Gasteiger partial charge in [0.2, 0.25) is 0 Å². The van der Waals surface area contributed by atoms with E-state index in [0.29, 0.717) is 44.9 Å². The number of allylic oxidation sites excluding steroid dienone is 2. The standard InChI is InChI=1S/C58H94O28/c1-53(2)30-9-12-56(5)31(8-7-23-24-15-54(3,52(75)76)13-14-58(24,22-61)32(63)16-57(23,56)6)55(30,4)11-10-33(53)84-50-45(86-49-44(74)40(70)36(66)27(18-60)81-49)38(68)29(21-79-50)83-51-46(85-48-42(72)34(64)25(62)19-77-48)41(71)37(67)28(82-51)20-78-47-43(73)39(69)35(65)26(17-59)80-47/h7,24-51,59-74H,8-22H2,1-6H3,(H,75,76)/t24-,25+,26+,27+,28+,29-,30-,31+,32+,33-,34-,35+,36+,37+,38-,39-,40-,41-,42+,43+,44+,45+,46+,47+,48-,49-,50-,51-,54-,55-,56+,57+,58+/m0/s1. The van der Waals surface area contributed by atoms with Crippen molar-refractivity contribution in [2.75, 3.05) is 39.6 Å². The number of hydrogen-bond donors (Lipinski definition) is 17. The van der Waals surface area contributed by atoms with Gasteiger partial charge in [-0.15, -0.1) is 0 Å². The molecule has 0 bridgehead atoms. The molecular formula is C58H94O28. The monoisotopic (exact) mass is 1240 g/mol. The van der Waals surface area contributed by atoms with E-state index in [1.165, 1.54) is 0 Å². The van der Waals surface area contributed by atoms with E-state index in [2.05, 4.69) is 40.7 Å². The van der Waals surface area contributed by atoms with Crippen LogP contribution in [0.25, 0.3) is 0 Å². The SMILES string of the molecule is CC1(C)[C@@H](O[C@@H]2OC[C@H](O[C@@H]3O[C@H](CO[C@@H]4O[C@H](CO)[C@@H](O)[C@H](O)[C@H]4O)[C@@H](O)[C@H](O)[C@H]3O[C@@H]3OC[C@@H](O)[C@H](O)[C@H]3O)[C@H](O)[C@H]2O[C@@H]2O[C@H](CO)[C@@H](O)[C@H](O)[C@H]2O)CC[C@]2(C)[C@H]3CC=C4[C@@H]5C[C@@](C)(C(=O)O)CC[C@]5(CO)[C@H](O)C[C@@]4(C)[C@]3(C)CC[C@@H]12. The lowest BCUT2D eigenvalue weighted by Crippen LogP contribution is -2.68. The quantitative estimate of drug-likeness (QED) is 0.0543. The van der Waals surface area contributed by atoms with Gasteiger partial charge in [0.05, 0.1) is 57.3 Å². The predicted molar refractivity (Wildman–Crippen MR) is 287 cm³/mol. The first-order chi connectivity index (χ1) is 40.4. The fraction of sp³-hybridized carbons (Fsp3) is 0.948. The Bertz CT molecular complexity index is 2390. The molecule has 86 heavy (non-hydrogen) atoms. The van der Waals surface area contributed by atoms with Crippen molar-refractivity contribution in [2.45, 2.75) is 253 Å². The summed E-state index contributed by atoms with van der Waals surface area (Å²) in [6, 6.07) is 0. The molecule has 10 aliphatic rings. The zero-order valence-electron chi connectivity index (χ0n) is 49.4. The molecule has 0 aromatic carbocycles. The Labute approximate surface area is 498 Å². The second kappa shape index (κ2) is 24.9. The molecule has 33 atom stereocenters. The summed E-state index contributed by atoms with van der Waals surface area (Å²) in [4.78, 5) is 12.7. The van der Waals surface area contributed by atoms with E-state index in [0.717, 1.165) is 18.4 Å². The lowest BCUT2D eigenvalue weighted by Gasteiger charge is -2.72. The number of carboxylic acid groups (broad SMARTS) is 1. The smallest absolute Gasteiger partial charge is 0.309 e. The van der Waals surface area contributed by atoms with Crippen LogP contribution in [0.5, 0.6) is 0 Å². The van der Waals surface area contributed by atoms with Gasteiger partial charge in [0.1, 0.15) is 110 Å². The second-order valence-corrected chi connectivity index (χ2v) is 28.1. The Balaban J connectivity index is 0.912. The van der Waals surface area contributed by atoms with Crippen molar-refractivity contribution < 1.29 is 139 Å². The molecule has 0 spiro atoms. The van der Waals surface area contributed by atoms with Crippen molar-refractivity contribution in [2.24, 2.45) is 50.2 Å². The predicted octanol–water partition coefficient (Wildman–Crippen LogP) is -4.42. The van der Waals surface area contributed by atoms with E-state index in [1.54, 1.807) is 6.92 Å². The molecule has 28 nitrogen and oxygen atoms in total. The summed E-state index contributed by atoms with van der Waals surface area (Å²) < 4.78 is 60.5. The molecule has 0 aromatic rings. The van der Waals surface area contributed by atoms with Gasteiger partial charge in [0.15, 0.2) is 31.5 Å². The van der Waals surface area contributed by atoms with E-state index in [4.69, 9.17) is 47.4 Å². The average Bonchev–Trinajstić information content (AvgIpc) is 0.683. The van der Waals surface area contributed by atoms with Crippen molar-refractivity contribution in [3.63, 3.8) is 0 Å². The molecular weight excluding hydrogens is 1140 g/mol. The summed E-state index contributed by atoms with van der Waals surface area (Å²) in [7, 11) is 0. The highest BCUT2D eigenvalue weighted by atomic mass is 16.8. The van der Waals surface area contributed by atoms with Gasteiger partial charge < -0.3 is 134 Å². The van der Waals surface area contributed by atoms with Gasteiger partial charge in [-0.2, -0.15) is 0 Å². The lowest BCUT2D eigenvalue weighted by molar-refractivity contribution is -0.394. The Morgan fingerprint density at radius 1 is 0.558 bits per heavy atom. The first-order valence-electron chi connectivity index (χ1n) is 30.4. The minimum Gasteiger partial charge on any atom is -0.481 e. The summed E-state index contributed by atoms with van der Waals surface area (Å²) >= 11 is 0. The molecule has 10 rings (SSSR count). The number of aliphatic hydroxyl groups is 16. The first kappa shape index (κ1) is 67.1. The zero-order chi connectivity index (χ0) is 62.7. The minimum atomic E-state index is -2.05. The van der Waals surface area contributed by atoms with E-state index in [1.807, 2.05) is 0 Å². The van der Waals surface area contributed by atoms with E-state index >= 15 is 0 Å². The summed E-state index contributed by atoms with van der Waals surface area (Å²) in [5, 5.41) is 185. The van der Waals surface area contributed by atoms with Gasteiger partial charge in [-0.05, 0) is 104 Å². The van der Waals surface area contributed by atoms with E-state index in [9.17, 15) is 91.6 Å². The minimum absolute atomic E-state index is 0.00523. The molecule has 9 fully saturated rings. The fourth-order valence-electron chi connectivity index (χ4n) is 17.5. The van der Waals surface area contributed by atoms with Gasteiger partial charge in [0.25, 0.3) is 0 Å². The highest BCUT2D eigenvalue weighted by Crippen LogP contribution is 2.76. The normalized spacial score (nSPS) is 54.8. The molecule has 0 unspecified atom stereocenters. The van der Waals surface area contributed by atoms with Crippen molar-refractivity contribution in [1.82, 2.24) is 0 Å². The summed E-state index contributed by atoms with van der Waals surface area (Å²) in [6.07, 6.45) is -35.2. The van der Waals surface area contributed by atoms with Crippen LogP contribution in [0.3, 0.4) is 0 Å². The number of carbonyl (C=O) groups is 1. The zero-order valence-corrected chi connectivity index (χ0v) is 49.4.